The number of nitrogens with two attached hydrogens (primary N) is 1. The topological polar surface area (TPSA) is 106 Å². The highest BCUT2D eigenvalue weighted by Gasteiger charge is 2.30. The number of carbonyl (C=O) groups is 2. The molecule has 0 bridgehead atoms. The Bertz CT molecular complexity index is 1390. The van der Waals surface area contributed by atoms with Crippen molar-refractivity contribution >= 4 is 17.6 Å². The summed E-state index contributed by atoms with van der Waals surface area (Å²) in [5.74, 6) is -1.13. The average Bonchev–Trinajstić information content (AvgIpc) is 3.67. The Hall–Kier alpha value is -4.03. The number of hydrogen-bond donors (Lipinski definition) is 2. The maximum absolute atomic E-state index is 14.7. The molecule has 1 amide bonds. The Morgan fingerprint density at radius 3 is 2.54 bits per heavy atom. The quantitative estimate of drug-likeness (QED) is 0.457. The summed E-state index contributed by atoms with van der Waals surface area (Å²) < 4.78 is 16.4. The third-order valence-corrected chi connectivity index (χ3v) is 7.02. The monoisotopic (exact) mass is 501 g/mol. The van der Waals surface area contributed by atoms with Crippen LogP contribution in [0.5, 0.6) is 0 Å². The number of piperidine rings is 1. The van der Waals surface area contributed by atoms with Crippen molar-refractivity contribution in [1.29, 1.82) is 0 Å². The lowest BCUT2D eigenvalue weighted by Gasteiger charge is -2.30. The van der Waals surface area contributed by atoms with Crippen molar-refractivity contribution in [3.8, 4) is 17.1 Å². The van der Waals surface area contributed by atoms with Crippen LogP contribution in [0.1, 0.15) is 59.8 Å². The summed E-state index contributed by atoms with van der Waals surface area (Å²) in [5.41, 5.74) is 8.93. The fourth-order valence-corrected chi connectivity index (χ4v) is 4.95. The van der Waals surface area contributed by atoms with Crippen LogP contribution in [-0.2, 0) is 11.2 Å². The molecule has 0 unspecified atom stereocenters. The number of benzene rings is 2. The predicted octanol–water partition coefficient (Wildman–Crippen LogP) is 4.69. The van der Waals surface area contributed by atoms with E-state index in [1.165, 1.54) is 17.7 Å². The van der Waals surface area contributed by atoms with Crippen molar-refractivity contribution in [2.45, 2.75) is 50.5 Å². The number of hydrogen-bond acceptors (Lipinski definition) is 4. The number of nitrogens with zero attached hydrogens (tertiary/aromatic N) is 4. The van der Waals surface area contributed by atoms with Gasteiger partial charge in [0.25, 0.3) is 5.91 Å². The molecule has 2 aliphatic rings. The summed E-state index contributed by atoms with van der Waals surface area (Å²) in [6.07, 6.45) is 3.78. The van der Waals surface area contributed by atoms with Gasteiger partial charge in [-0.2, -0.15) is 0 Å². The Balaban J connectivity index is 1.68. The van der Waals surface area contributed by atoms with Crippen LogP contribution in [0.2, 0.25) is 0 Å². The molecule has 1 saturated carbocycles. The van der Waals surface area contributed by atoms with E-state index in [2.05, 4.69) is 4.85 Å². The average molecular weight is 502 g/mol. The summed E-state index contributed by atoms with van der Waals surface area (Å²) >= 11 is 0. The second-order valence-corrected chi connectivity index (χ2v) is 9.76. The van der Waals surface area contributed by atoms with Gasteiger partial charge in [-0.15, -0.1) is 0 Å². The largest absolute Gasteiger partial charge is 0.481 e. The van der Waals surface area contributed by atoms with Crippen LogP contribution in [0.15, 0.2) is 42.5 Å². The zero-order chi connectivity index (χ0) is 26.1. The molecule has 2 heterocycles. The maximum atomic E-state index is 14.7. The van der Waals surface area contributed by atoms with E-state index in [-0.39, 0.29) is 36.2 Å². The van der Waals surface area contributed by atoms with Crippen LogP contribution in [-0.4, -0.2) is 50.6 Å². The van der Waals surface area contributed by atoms with Crippen molar-refractivity contribution in [3.05, 3.63) is 76.7 Å². The van der Waals surface area contributed by atoms with E-state index in [9.17, 15) is 19.1 Å². The van der Waals surface area contributed by atoms with Crippen LogP contribution >= 0.6 is 0 Å². The number of rotatable bonds is 7. The van der Waals surface area contributed by atoms with E-state index >= 15 is 0 Å². The Labute approximate surface area is 214 Å². The minimum Gasteiger partial charge on any atom is -0.481 e. The highest BCUT2D eigenvalue weighted by atomic mass is 19.1. The summed E-state index contributed by atoms with van der Waals surface area (Å²) in [4.78, 5) is 34.8. The summed E-state index contributed by atoms with van der Waals surface area (Å²) in [6, 6.07) is 12.0. The number of aliphatic carboxylic acids is 1. The number of amides is 1. The molecule has 0 spiro atoms. The molecular formula is C28H28FN5O3. The zero-order valence-corrected chi connectivity index (χ0v) is 20.4. The fourth-order valence-electron chi connectivity index (χ4n) is 4.95. The second kappa shape index (κ2) is 10.1. The standard InChI is InChI=1S/C28H28FN5O3/c1-31-23-11-8-19(15-22(23)29)27-32-26(28(37)33-14-2-3-20(30)16-33)24(12-13-25(35)36)34(27)21-9-6-18(7-10-21)17-4-5-17/h6-11,15,17,20H,2-5,12-14,16,30H2,(H,35,36)/t20-/m1/s1. The summed E-state index contributed by atoms with van der Waals surface area (Å²) in [7, 11) is 0. The van der Waals surface area contributed by atoms with Crippen LogP contribution in [0.25, 0.3) is 21.9 Å². The summed E-state index contributed by atoms with van der Waals surface area (Å²) in [5, 5.41) is 9.45. The number of likely N-dealkylation sites (tertiary alicyclic amines) is 1. The molecular weight excluding hydrogens is 473 g/mol. The van der Waals surface area contributed by atoms with Crippen LogP contribution in [0, 0.1) is 12.4 Å². The number of carbonyl (C=O) groups excluding carboxylic acids is 1. The van der Waals surface area contributed by atoms with Gasteiger partial charge < -0.3 is 15.7 Å². The van der Waals surface area contributed by atoms with Gasteiger partial charge in [-0.05, 0) is 55.4 Å². The molecule has 2 fully saturated rings. The van der Waals surface area contributed by atoms with E-state index in [0.29, 0.717) is 41.8 Å². The second-order valence-electron chi connectivity index (χ2n) is 9.76. The molecule has 1 aliphatic heterocycles. The van der Waals surface area contributed by atoms with Crippen molar-refractivity contribution in [2.75, 3.05) is 13.1 Å². The highest BCUT2D eigenvalue weighted by molar-refractivity contribution is 5.95. The first kappa shape index (κ1) is 24.7. The SMILES string of the molecule is [C-]#[N+]c1ccc(-c2nc(C(=O)N3CCC[C@@H](N)C3)c(CCC(=O)O)n2-c2ccc(C3CC3)cc2)cc1F. The minimum atomic E-state index is -0.996. The van der Waals surface area contributed by atoms with Gasteiger partial charge in [-0.1, -0.05) is 24.3 Å². The molecule has 3 N–H and O–H groups in total. The third kappa shape index (κ3) is 5.11. The molecule has 190 valence electrons. The van der Waals surface area contributed by atoms with Gasteiger partial charge in [0.15, 0.2) is 5.69 Å². The van der Waals surface area contributed by atoms with Crippen molar-refractivity contribution < 1.29 is 19.1 Å². The maximum Gasteiger partial charge on any atom is 0.303 e. The molecule has 9 heteroatoms. The lowest BCUT2D eigenvalue weighted by atomic mass is 10.1. The first-order valence-corrected chi connectivity index (χ1v) is 12.5. The fraction of sp³-hybridized carbons (Fsp3) is 0.357. The molecule has 3 aromatic rings. The Morgan fingerprint density at radius 2 is 1.92 bits per heavy atom. The van der Waals surface area contributed by atoms with E-state index < -0.39 is 11.8 Å². The molecule has 37 heavy (non-hydrogen) atoms. The number of halogens is 1. The van der Waals surface area contributed by atoms with Crippen LogP contribution < -0.4 is 5.73 Å². The van der Waals surface area contributed by atoms with Gasteiger partial charge in [-0.3, -0.25) is 14.2 Å². The first-order chi connectivity index (χ1) is 17.9. The predicted molar refractivity (Wildman–Crippen MR) is 136 cm³/mol. The Kier molecular flexibility index (Phi) is 6.76. The van der Waals surface area contributed by atoms with Crippen LogP contribution in [0.3, 0.4) is 0 Å². The number of imidazole rings is 1. The van der Waals surface area contributed by atoms with Crippen molar-refractivity contribution in [1.82, 2.24) is 14.5 Å². The first-order valence-electron chi connectivity index (χ1n) is 12.5. The molecule has 1 aromatic heterocycles. The van der Waals surface area contributed by atoms with E-state index in [1.807, 2.05) is 24.3 Å². The lowest BCUT2D eigenvalue weighted by Crippen LogP contribution is -2.46. The highest BCUT2D eigenvalue weighted by Crippen LogP contribution is 2.40. The molecule has 1 aliphatic carbocycles. The van der Waals surface area contributed by atoms with Crippen LogP contribution in [0.4, 0.5) is 10.1 Å². The van der Waals surface area contributed by atoms with E-state index in [0.717, 1.165) is 25.7 Å². The molecule has 2 aromatic carbocycles. The molecule has 0 radical (unpaired) electrons. The minimum absolute atomic E-state index is 0.0658. The van der Waals surface area contributed by atoms with Crippen molar-refractivity contribution in [3.63, 3.8) is 0 Å². The molecule has 1 saturated heterocycles. The van der Waals surface area contributed by atoms with E-state index in [4.69, 9.17) is 17.3 Å². The van der Waals surface area contributed by atoms with Gasteiger partial charge in [0.05, 0.1) is 18.7 Å². The lowest BCUT2D eigenvalue weighted by molar-refractivity contribution is -0.137. The van der Waals surface area contributed by atoms with Gasteiger partial charge in [-0.25, -0.2) is 14.2 Å². The summed E-state index contributed by atoms with van der Waals surface area (Å²) in [6.45, 7) is 8.10. The van der Waals surface area contributed by atoms with Gasteiger partial charge in [0.1, 0.15) is 11.6 Å². The molecule has 1 atom stereocenters. The van der Waals surface area contributed by atoms with Gasteiger partial charge in [0.2, 0.25) is 5.69 Å². The zero-order valence-electron chi connectivity index (χ0n) is 20.4. The van der Waals surface area contributed by atoms with Gasteiger partial charge in [0, 0.05) is 36.8 Å². The Morgan fingerprint density at radius 1 is 1.16 bits per heavy atom. The smallest absolute Gasteiger partial charge is 0.303 e. The van der Waals surface area contributed by atoms with E-state index in [1.54, 1.807) is 15.5 Å². The van der Waals surface area contributed by atoms with Crippen molar-refractivity contribution in [2.24, 2.45) is 5.73 Å². The number of carboxylic acids is 1. The van der Waals surface area contributed by atoms with Gasteiger partial charge >= 0.3 is 5.97 Å². The molecule has 8 nitrogen and oxygen atoms in total. The number of aromatic nitrogens is 2. The third-order valence-electron chi connectivity index (χ3n) is 7.02. The molecule has 5 rings (SSSR count). The normalized spacial score (nSPS) is 17.4. The number of carboxylic acid groups (broad SMARTS) is 1.